The van der Waals surface area contributed by atoms with Crippen molar-refractivity contribution in [2.75, 3.05) is 13.7 Å². The van der Waals surface area contributed by atoms with E-state index in [4.69, 9.17) is 27.9 Å². The highest BCUT2D eigenvalue weighted by molar-refractivity contribution is 6.42. The lowest BCUT2D eigenvalue weighted by Crippen LogP contribution is -2.47. The Kier molecular flexibility index (Phi) is 6.56. The predicted octanol–water partition coefficient (Wildman–Crippen LogP) is 5.30. The topological polar surface area (TPSA) is 66.2 Å². The van der Waals surface area contributed by atoms with Gasteiger partial charge in [-0.05, 0) is 70.4 Å². The maximum atomic E-state index is 12.6. The fourth-order valence-corrected chi connectivity index (χ4v) is 4.58. The van der Waals surface area contributed by atoms with E-state index in [1.165, 1.54) is 7.11 Å². The molecule has 7 heteroatoms. The Hall–Kier alpha value is -1.95. The minimum Gasteiger partial charge on any atom is -0.491 e. The van der Waals surface area contributed by atoms with Gasteiger partial charge in [0.25, 0.3) is 5.91 Å². The molecule has 0 radical (unpaired) electrons. The van der Waals surface area contributed by atoms with Gasteiger partial charge in [-0.2, -0.15) is 0 Å². The van der Waals surface area contributed by atoms with Crippen molar-refractivity contribution in [3.05, 3.63) is 51.8 Å². The molecule has 3 rings (SSSR count). The van der Waals surface area contributed by atoms with Crippen molar-refractivity contribution in [1.82, 2.24) is 15.6 Å². The van der Waals surface area contributed by atoms with Crippen LogP contribution in [0.5, 0.6) is 0 Å². The van der Waals surface area contributed by atoms with Crippen LogP contribution in [0.15, 0.2) is 36.1 Å². The van der Waals surface area contributed by atoms with Crippen molar-refractivity contribution in [3.63, 3.8) is 0 Å². The van der Waals surface area contributed by atoms with Gasteiger partial charge in [0, 0.05) is 34.2 Å². The first-order chi connectivity index (χ1) is 14.0. The Bertz CT molecular complexity index is 966. The van der Waals surface area contributed by atoms with Crippen molar-refractivity contribution in [2.45, 2.75) is 45.2 Å². The summed E-state index contributed by atoms with van der Waals surface area (Å²) in [4.78, 5) is 15.8. The van der Waals surface area contributed by atoms with E-state index in [0.717, 1.165) is 23.0 Å². The van der Waals surface area contributed by atoms with Crippen LogP contribution in [0.25, 0.3) is 17.0 Å². The Balaban J connectivity index is 1.64. The smallest absolute Gasteiger partial charge is 0.286 e. The Labute approximate surface area is 187 Å². The maximum absolute atomic E-state index is 12.6. The molecule has 1 aromatic carbocycles. The number of aromatic nitrogens is 1. The highest BCUT2D eigenvalue weighted by Gasteiger charge is 2.43. The molecular formula is C23H29Cl2N3O2. The first kappa shape index (κ1) is 22.7. The van der Waals surface area contributed by atoms with E-state index in [1.54, 1.807) is 18.2 Å². The number of carbonyl (C=O) groups excluding carboxylic acids is 1. The molecule has 1 aromatic heterocycles. The number of halogens is 2. The average molecular weight is 450 g/mol. The number of allylic oxidation sites excluding steroid dienone is 2. The van der Waals surface area contributed by atoms with Crippen LogP contribution in [-0.4, -0.2) is 35.6 Å². The third-order valence-corrected chi connectivity index (χ3v) is 6.32. The lowest BCUT2D eigenvalue weighted by atomic mass is 9.87. The van der Waals surface area contributed by atoms with E-state index in [9.17, 15) is 4.79 Å². The van der Waals surface area contributed by atoms with Gasteiger partial charge in [0.1, 0.15) is 0 Å². The third kappa shape index (κ3) is 5.20. The maximum Gasteiger partial charge on any atom is 0.286 e. The monoisotopic (exact) mass is 449 g/mol. The predicted molar refractivity (Wildman–Crippen MR) is 125 cm³/mol. The van der Waals surface area contributed by atoms with E-state index in [1.807, 2.05) is 18.2 Å². The molecule has 3 N–H and O–H groups in total. The summed E-state index contributed by atoms with van der Waals surface area (Å²) in [6.45, 7) is 9.32. The van der Waals surface area contributed by atoms with Gasteiger partial charge >= 0.3 is 0 Å². The number of nitrogens with one attached hydrogen (secondary N) is 3. The zero-order chi connectivity index (χ0) is 22.1. The number of H-pyrrole nitrogens is 1. The van der Waals surface area contributed by atoms with E-state index >= 15 is 0 Å². The number of rotatable bonds is 6. The van der Waals surface area contributed by atoms with Crippen molar-refractivity contribution in [3.8, 4) is 0 Å². The van der Waals surface area contributed by atoms with Gasteiger partial charge in [-0.15, -0.1) is 0 Å². The summed E-state index contributed by atoms with van der Waals surface area (Å²) < 4.78 is 5.29. The fraction of sp³-hybridized carbons (Fsp3) is 0.435. The molecule has 0 spiro atoms. The fourth-order valence-electron chi connectivity index (χ4n) is 4.24. The van der Waals surface area contributed by atoms with Crippen molar-refractivity contribution < 1.29 is 9.53 Å². The van der Waals surface area contributed by atoms with Gasteiger partial charge in [0.05, 0.1) is 17.2 Å². The normalized spacial score (nSPS) is 20.8. The summed E-state index contributed by atoms with van der Waals surface area (Å²) >= 11 is 12.1. The molecule has 1 unspecified atom stereocenters. The number of hydrogen-bond acceptors (Lipinski definition) is 3. The van der Waals surface area contributed by atoms with Gasteiger partial charge in [-0.3, -0.25) is 4.79 Å². The van der Waals surface area contributed by atoms with Crippen molar-refractivity contribution >= 4 is 46.1 Å². The summed E-state index contributed by atoms with van der Waals surface area (Å²) in [5.74, 6) is 0.379. The molecule has 1 aliphatic heterocycles. The number of ether oxygens (including phenoxy) is 1. The summed E-state index contributed by atoms with van der Waals surface area (Å²) in [5, 5.41) is 8.62. The zero-order valence-electron chi connectivity index (χ0n) is 18.0. The van der Waals surface area contributed by atoms with E-state index in [-0.39, 0.29) is 22.7 Å². The van der Waals surface area contributed by atoms with Gasteiger partial charge in [-0.1, -0.05) is 29.3 Å². The molecule has 30 heavy (non-hydrogen) atoms. The zero-order valence-corrected chi connectivity index (χ0v) is 19.5. The highest BCUT2D eigenvalue weighted by atomic mass is 35.5. The van der Waals surface area contributed by atoms with Crippen LogP contribution in [0, 0.1) is 5.92 Å². The third-order valence-electron chi connectivity index (χ3n) is 5.60. The molecule has 1 aliphatic rings. The standard InChI is InChI=1S/C23H29Cl2N3O2/c1-22(2)12-15(23(3,4)28-22)13-26-21(29)20(30-5)8-6-7-16-9-14-10-17(24)18(25)11-19(14)27-16/h6-11,15,27-28H,12-13H2,1-5H3,(H,26,29). The molecule has 2 aromatic rings. The van der Waals surface area contributed by atoms with Crippen molar-refractivity contribution in [1.29, 1.82) is 0 Å². The minimum absolute atomic E-state index is 0.0327. The first-order valence-corrected chi connectivity index (χ1v) is 10.7. The molecule has 162 valence electrons. The first-order valence-electron chi connectivity index (χ1n) is 9.98. The quantitative estimate of drug-likeness (QED) is 0.318. The van der Waals surface area contributed by atoms with Crippen LogP contribution in [-0.2, 0) is 9.53 Å². The van der Waals surface area contributed by atoms with Crippen LogP contribution in [0.1, 0.15) is 39.8 Å². The molecule has 1 amide bonds. The molecule has 5 nitrogen and oxygen atoms in total. The number of carbonyl (C=O) groups is 1. The number of amides is 1. The van der Waals surface area contributed by atoms with Crippen LogP contribution in [0.2, 0.25) is 10.0 Å². The largest absolute Gasteiger partial charge is 0.491 e. The van der Waals surface area contributed by atoms with E-state index in [0.29, 0.717) is 22.5 Å². The molecule has 0 bridgehead atoms. The second-order valence-electron chi connectivity index (χ2n) is 9.01. The van der Waals surface area contributed by atoms with Gasteiger partial charge in [0.15, 0.2) is 5.76 Å². The van der Waals surface area contributed by atoms with Crippen LogP contribution in [0.4, 0.5) is 0 Å². The number of benzene rings is 1. The summed E-state index contributed by atoms with van der Waals surface area (Å²) in [7, 11) is 1.50. The number of fused-ring (bicyclic) bond motifs is 1. The van der Waals surface area contributed by atoms with Crippen molar-refractivity contribution in [2.24, 2.45) is 5.92 Å². The molecule has 1 fully saturated rings. The van der Waals surface area contributed by atoms with Crippen LogP contribution >= 0.6 is 23.2 Å². The molecule has 1 atom stereocenters. The van der Waals surface area contributed by atoms with Gasteiger partial charge < -0.3 is 20.4 Å². The molecule has 0 saturated carbocycles. The van der Waals surface area contributed by atoms with Crippen LogP contribution < -0.4 is 10.6 Å². The Morgan fingerprint density at radius 2 is 1.93 bits per heavy atom. The molecular weight excluding hydrogens is 421 g/mol. The van der Waals surface area contributed by atoms with Gasteiger partial charge in [0.2, 0.25) is 0 Å². The average Bonchev–Trinajstić information content (AvgIpc) is 3.12. The Morgan fingerprint density at radius 3 is 2.57 bits per heavy atom. The summed E-state index contributed by atoms with van der Waals surface area (Å²) in [6.07, 6.45) is 6.29. The molecule has 0 aliphatic carbocycles. The van der Waals surface area contributed by atoms with Crippen LogP contribution in [0.3, 0.4) is 0 Å². The number of aromatic amines is 1. The minimum atomic E-state index is -0.224. The second-order valence-corrected chi connectivity index (χ2v) is 9.83. The number of methoxy groups -OCH3 is 1. The number of hydrogen-bond donors (Lipinski definition) is 3. The lowest BCUT2D eigenvalue weighted by molar-refractivity contribution is -0.120. The SMILES string of the molecule is COC(=CC=Cc1cc2cc(Cl)c(Cl)cc2[nH]1)C(=O)NCC1CC(C)(C)NC1(C)C. The Morgan fingerprint density at radius 1 is 1.23 bits per heavy atom. The molecule has 2 heterocycles. The lowest BCUT2D eigenvalue weighted by Gasteiger charge is -2.28. The molecule has 1 saturated heterocycles. The second kappa shape index (κ2) is 8.66. The van der Waals surface area contributed by atoms with Gasteiger partial charge in [-0.25, -0.2) is 0 Å². The van der Waals surface area contributed by atoms with E-state index < -0.39 is 0 Å². The van der Waals surface area contributed by atoms with E-state index in [2.05, 4.69) is 43.3 Å². The summed E-state index contributed by atoms with van der Waals surface area (Å²) in [5.41, 5.74) is 1.80. The highest BCUT2D eigenvalue weighted by Crippen LogP contribution is 2.35. The summed E-state index contributed by atoms with van der Waals surface area (Å²) in [6, 6.07) is 5.57.